The molecule has 1 aromatic heterocycles. The molecule has 1 aromatic carbocycles. The SMILES string of the molecule is COCCOc1cc(CN(C(=O)[C@H]2CNC[C@@H](C(=O)NC(CO)CC(C)C)C2)C2CC2)c2ccccc2n1. The first-order chi connectivity index (χ1) is 18.4. The molecular weight excluding hydrogens is 484 g/mol. The highest BCUT2D eigenvalue weighted by molar-refractivity contribution is 5.85. The van der Waals surface area contributed by atoms with Gasteiger partial charge < -0.3 is 30.1 Å². The van der Waals surface area contributed by atoms with Crippen molar-refractivity contribution in [2.75, 3.05) is 40.0 Å². The van der Waals surface area contributed by atoms with Crippen molar-refractivity contribution >= 4 is 22.7 Å². The van der Waals surface area contributed by atoms with Crippen LogP contribution in [0.2, 0.25) is 0 Å². The lowest BCUT2D eigenvalue weighted by molar-refractivity contribution is -0.139. The molecule has 2 fully saturated rings. The summed E-state index contributed by atoms with van der Waals surface area (Å²) in [4.78, 5) is 33.5. The molecule has 2 aromatic rings. The van der Waals surface area contributed by atoms with Crippen LogP contribution in [0.3, 0.4) is 0 Å². The predicted molar refractivity (Wildman–Crippen MR) is 146 cm³/mol. The number of hydrogen-bond donors (Lipinski definition) is 3. The van der Waals surface area contributed by atoms with Crippen molar-refractivity contribution in [1.82, 2.24) is 20.5 Å². The van der Waals surface area contributed by atoms with E-state index in [0.29, 0.717) is 51.1 Å². The maximum Gasteiger partial charge on any atom is 0.227 e. The van der Waals surface area contributed by atoms with Gasteiger partial charge in [-0.3, -0.25) is 9.59 Å². The van der Waals surface area contributed by atoms with Gasteiger partial charge in [0.25, 0.3) is 0 Å². The highest BCUT2D eigenvalue weighted by Crippen LogP contribution is 2.33. The second-order valence-electron chi connectivity index (χ2n) is 11.0. The highest BCUT2D eigenvalue weighted by Gasteiger charge is 2.39. The first-order valence-electron chi connectivity index (χ1n) is 13.8. The lowest BCUT2D eigenvalue weighted by Gasteiger charge is -2.34. The Labute approximate surface area is 225 Å². The summed E-state index contributed by atoms with van der Waals surface area (Å²) in [5, 5.41) is 17.0. The van der Waals surface area contributed by atoms with E-state index in [9.17, 15) is 14.7 Å². The zero-order valence-corrected chi connectivity index (χ0v) is 22.8. The minimum Gasteiger partial charge on any atom is -0.475 e. The summed E-state index contributed by atoms with van der Waals surface area (Å²) in [6, 6.07) is 9.80. The number of hydrogen-bond acceptors (Lipinski definition) is 7. The largest absolute Gasteiger partial charge is 0.475 e. The van der Waals surface area contributed by atoms with Gasteiger partial charge in [0.05, 0.1) is 36.6 Å². The smallest absolute Gasteiger partial charge is 0.227 e. The molecule has 2 aliphatic rings. The molecule has 2 amide bonds. The summed E-state index contributed by atoms with van der Waals surface area (Å²) in [6.45, 7) is 6.49. The number of fused-ring (bicyclic) bond motifs is 1. The standard InChI is InChI=1S/C29H42N4O5/c1-19(2)12-23(18-34)31-28(35)20-13-21(16-30-15-20)29(36)33(24-8-9-24)17-22-14-27(38-11-10-37-3)32-26-7-5-4-6-25(22)26/h4-7,14,19-21,23-24,30,34H,8-13,15-18H2,1-3H3,(H,31,35)/t20-,21+,23?/m0/s1. The molecule has 9 heteroatoms. The monoisotopic (exact) mass is 526 g/mol. The van der Waals surface area contributed by atoms with Crippen LogP contribution < -0.4 is 15.4 Å². The quantitative estimate of drug-likeness (QED) is 0.344. The first kappa shape index (κ1) is 28.3. The number of pyridine rings is 1. The van der Waals surface area contributed by atoms with Crippen LogP contribution in [0.1, 0.15) is 45.1 Å². The van der Waals surface area contributed by atoms with Gasteiger partial charge in [0.2, 0.25) is 17.7 Å². The van der Waals surface area contributed by atoms with Gasteiger partial charge in [-0.05, 0) is 43.2 Å². The third-order valence-electron chi connectivity index (χ3n) is 7.32. The molecule has 0 bridgehead atoms. The third-order valence-corrected chi connectivity index (χ3v) is 7.32. The summed E-state index contributed by atoms with van der Waals surface area (Å²) in [5.41, 5.74) is 1.83. The Morgan fingerprint density at radius 1 is 1.18 bits per heavy atom. The second-order valence-corrected chi connectivity index (χ2v) is 11.0. The van der Waals surface area contributed by atoms with Crippen molar-refractivity contribution in [2.24, 2.45) is 17.8 Å². The van der Waals surface area contributed by atoms with E-state index in [-0.39, 0.29) is 42.3 Å². The van der Waals surface area contributed by atoms with E-state index in [1.807, 2.05) is 35.2 Å². The molecular formula is C29H42N4O5. The zero-order chi connectivity index (χ0) is 27.1. The zero-order valence-electron chi connectivity index (χ0n) is 22.8. The molecule has 3 N–H and O–H groups in total. The van der Waals surface area contributed by atoms with Crippen LogP contribution >= 0.6 is 0 Å². The number of methoxy groups -OCH3 is 1. The fraction of sp³-hybridized carbons (Fsp3) is 0.621. The van der Waals surface area contributed by atoms with Crippen molar-refractivity contribution in [3.63, 3.8) is 0 Å². The van der Waals surface area contributed by atoms with Crippen LogP contribution in [0.15, 0.2) is 30.3 Å². The molecule has 1 saturated heterocycles. The van der Waals surface area contributed by atoms with Crippen LogP contribution in [0.5, 0.6) is 5.88 Å². The normalized spacial score (nSPS) is 20.3. The van der Waals surface area contributed by atoms with Crippen LogP contribution in [0.25, 0.3) is 10.9 Å². The predicted octanol–water partition coefficient (Wildman–Crippen LogP) is 2.50. The number of nitrogens with one attached hydrogen (secondary N) is 2. The minimum absolute atomic E-state index is 0.0844. The van der Waals surface area contributed by atoms with Crippen molar-refractivity contribution in [2.45, 2.75) is 58.2 Å². The third kappa shape index (κ3) is 7.42. The fourth-order valence-electron chi connectivity index (χ4n) is 5.24. The first-order valence-corrected chi connectivity index (χ1v) is 13.8. The number of nitrogens with zero attached hydrogens (tertiary/aromatic N) is 2. The van der Waals surface area contributed by atoms with E-state index in [0.717, 1.165) is 35.7 Å². The molecule has 1 unspecified atom stereocenters. The summed E-state index contributed by atoms with van der Waals surface area (Å²) < 4.78 is 10.9. The number of benzene rings is 1. The average molecular weight is 527 g/mol. The van der Waals surface area contributed by atoms with Crippen molar-refractivity contribution < 1.29 is 24.2 Å². The van der Waals surface area contributed by atoms with E-state index in [1.54, 1.807) is 7.11 Å². The van der Waals surface area contributed by atoms with E-state index >= 15 is 0 Å². The molecule has 1 aliphatic heterocycles. The lowest BCUT2D eigenvalue weighted by Crippen LogP contribution is -2.51. The Morgan fingerprint density at radius 3 is 2.66 bits per heavy atom. The Hall–Kier alpha value is -2.75. The maximum absolute atomic E-state index is 13.9. The minimum atomic E-state index is -0.303. The Balaban J connectivity index is 1.48. The van der Waals surface area contributed by atoms with E-state index in [1.165, 1.54) is 0 Å². The molecule has 1 saturated carbocycles. The molecule has 208 valence electrons. The van der Waals surface area contributed by atoms with Crippen LogP contribution in [-0.4, -0.2) is 78.9 Å². The van der Waals surface area contributed by atoms with Gasteiger partial charge in [0.15, 0.2) is 0 Å². The maximum atomic E-state index is 13.9. The average Bonchev–Trinajstić information content (AvgIpc) is 3.76. The molecule has 2 heterocycles. The molecule has 4 rings (SSSR count). The number of aromatic nitrogens is 1. The number of aliphatic hydroxyl groups is 1. The summed E-state index contributed by atoms with van der Waals surface area (Å²) in [6.07, 6.45) is 3.20. The Morgan fingerprint density at radius 2 is 1.95 bits per heavy atom. The second kappa shape index (κ2) is 13.4. The number of amides is 2. The summed E-state index contributed by atoms with van der Waals surface area (Å²) in [5.74, 6) is 0.306. The number of carbonyl (C=O) groups excluding carboxylic acids is 2. The summed E-state index contributed by atoms with van der Waals surface area (Å²) in [7, 11) is 1.63. The summed E-state index contributed by atoms with van der Waals surface area (Å²) >= 11 is 0. The van der Waals surface area contributed by atoms with E-state index < -0.39 is 0 Å². The van der Waals surface area contributed by atoms with Crippen LogP contribution in [0, 0.1) is 17.8 Å². The Bertz CT molecular complexity index is 1090. The molecule has 3 atom stereocenters. The topological polar surface area (TPSA) is 113 Å². The number of rotatable bonds is 13. The fourth-order valence-corrected chi connectivity index (χ4v) is 5.24. The van der Waals surface area contributed by atoms with Gasteiger partial charge in [-0.2, -0.15) is 0 Å². The Kier molecular flexibility index (Phi) is 9.93. The number of para-hydroxylation sites is 1. The lowest BCUT2D eigenvalue weighted by atomic mass is 9.88. The van der Waals surface area contributed by atoms with Gasteiger partial charge in [-0.15, -0.1) is 0 Å². The van der Waals surface area contributed by atoms with Gasteiger partial charge in [0.1, 0.15) is 6.61 Å². The van der Waals surface area contributed by atoms with Crippen LogP contribution in [-0.2, 0) is 20.9 Å². The molecule has 0 radical (unpaired) electrons. The van der Waals surface area contributed by atoms with Crippen molar-refractivity contribution in [3.05, 3.63) is 35.9 Å². The number of carbonyl (C=O) groups is 2. The molecule has 0 spiro atoms. The molecule has 1 aliphatic carbocycles. The highest BCUT2D eigenvalue weighted by atomic mass is 16.5. The van der Waals surface area contributed by atoms with Crippen molar-refractivity contribution in [3.8, 4) is 5.88 Å². The van der Waals surface area contributed by atoms with Crippen molar-refractivity contribution in [1.29, 1.82) is 0 Å². The number of piperidine rings is 1. The van der Waals surface area contributed by atoms with Gasteiger partial charge in [-0.25, -0.2) is 4.98 Å². The molecule has 9 nitrogen and oxygen atoms in total. The van der Waals surface area contributed by atoms with E-state index in [4.69, 9.17) is 9.47 Å². The molecule has 38 heavy (non-hydrogen) atoms. The van der Waals surface area contributed by atoms with Gasteiger partial charge in [-0.1, -0.05) is 32.0 Å². The number of ether oxygens (including phenoxy) is 2. The van der Waals surface area contributed by atoms with Crippen LogP contribution in [0.4, 0.5) is 0 Å². The number of aliphatic hydroxyl groups excluding tert-OH is 1. The van der Waals surface area contributed by atoms with Gasteiger partial charge >= 0.3 is 0 Å². The van der Waals surface area contributed by atoms with E-state index in [2.05, 4.69) is 29.5 Å². The van der Waals surface area contributed by atoms with Gasteiger partial charge in [0, 0.05) is 44.2 Å².